The van der Waals surface area contributed by atoms with Gasteiger partial charge in [0.25, 0.3) is 0 Å². The smallest absolute Gasteiger partial charge is 0.321 e. The van der Waals surface area contributed by atoms with Crippen LogP contribution in [0.3, 0.4) is 0 Å². The first-order valence-electron chi connectivity index (χ1n) is 7.04. The highest BCUT2D eigenvalue weighted by atomic mass is 16.2. The van der Waals surface area contributed by atoms with Crippen molar-refractivity contribution in [3.63, 3.8) is 0 Å². The molecule has 2 amide bonds. The van der Waals surface area contributed by atoms with E-state index in [9.17, 15) is 4.79 Å². The number of urea groups is 1. The molecule has 1 aromatic carbocycles. The van der Waals surface area contributed by atoms with Crippen LogP contribution in [0.5, 0.6) is 0 Å². The van der Waals surface area contributed by atoms with Crippen LogP contribution in [0.4, 0.5) is 10.5 Å². The zero-order valence-electron chi connectivity index (χ0n) is 11.9. The molecule has 0 aromatic heterocycles. The molecule has 0 radical (unpaired) electrons. The second-order valence-electron chi connectivity index (χ2n) is 5.86. The molecule has 3 atom stereocenters. The molecule has 3 rings (SSSR count). The van der Waals surface area contributed by atoms with Crippen molar-refractivity contribution in [1.29, 1.82) is 0 Å². The number of likely N-dealkylation sites (N-methyl/N-ethyl adjacent to an activating group) is 1. The fourth-order valence-corrected chi connectivity index (χ4v) is 3.58. The van der Waals surface area contributed by atoms with E-state index in [0.29, 0.717) is 12.0 Å². The molecule has 102 valence electrons. The number of carbonyl (C=O) groups is 1. The van der Waals surface area contributed by atoms with Gasteiger partial charge in [-0.2, -0.15) is 0 Å². The average molecular weight is 260 g/mol. The van der Waals surface area contributed by atoms with Crippen LogP contribution >= 0.6 is 0 Å². The summed E-state index contributed by atoms with van der Waals surface area (Å²) in [4.78, 5) is 15.7. The van der Waals surface area contributed by atoms with Crippen molar-refractivity contribution < 1.29 is 9.69 Å². The lowest BCUT2D eigenvalue weighted by atomic mass is 9.89. The van der Waals surface area contributed by atoms with Crippen molar-refractivity contribution in [2.75, 3.05) is 32.1 Å². The summed E-state index contributed by atoms with van der Waals surface area (Å²) in [6, 6.07) is 6.82. The Morgan fingerprint density at radius 3 is 3.00 bits per heavy atom. The number of aryl methyl sites for hydroxylation is 1. The van der Waals surface area contributed by atoms with Crippen molar-refractivity contribution >= 4 is 11.7 Å². The first kappa shape index (κ1) is 12.5. The van der Waals surface area contributed by atoms with Crippen LogP contribution < -0.4 is 15.1 Å². The summed E-state index contributed by atoms with van der Waals surface area (Å²) in [5.74, 6) is 0.487. The second-order valence-corrected chi connectivity index (χ2v) is 5.86. The molecule has 0 bridgehead atoms. The van der Waals surface area contributed by atoms with Crippen LogP contribution in [0.2, 0.25) is 0 Å². The number of benzene rings is 1. The summed E-state index contributed by atoms with van der Waals surface area (Å²) >= 11 is 0. The molecule has 4 nitrogen and oxygen atoms in total. The Morgan fingerprint density at radius 1 is 1.47 bits per heavy atom. The number of carbonyl (C=O) groups excluding carboxylic acids is 1. The van der Waals surface area contributed by atoms with Crippen LogP contribution in [0.25, 0.3) is 0 Å². The van der Waals surface area contributed by atoms with Crippen molar-refractivity contribution in [2.24, 2.45) is 0 Å². The van der Waals surface area contributed by atoms with Crippen LogP contribution in [-0.4, -0.2) is 39.3 Å². The van der Waals surface area contributed by atoms with Gasteiger partial charge in [0.1, 0.15) is 0 Å². The molecular formula is C15H22N3O+. The Balaban J connectivity index is 2.06. The van der Waals surface area contributed by atoms with E-state index in [1.807, 2.05) is 4.90 Å². The third-order valence-corrected chi connectivity index (χ3v) is 4.51. The van der Waals surface area contributed by atoms with Crippen LogP contribution in [0, 0.1) is 6.92 Å². The summed E-state index contributed by atoms with van der Waals surface area (Å²) in [5.41, 5.74) is 3.74. The van der Waals surface area contributed by atoms with Crippen molar-refractivity contribution in [3.05, 3.63) is 29.3 Å². The minimum atomic E-state index is 0.0251. The third-order valence-electron chi connectivity index (χ3n) is 4.51. The molecule has 1 aromatic rings. The largest absolute Gasteiger partial charge is 0.341 e. The average Bonchev–Trinajstić information content (AvgIpc) is 2.71. The maximum atomic E-state index is 12.2. The molecule has 1 saturated heterocycles. The number of amides is 2. The van der Waals surface area contributed by atoms with Gasteiger partial charge in [-0.05, 0) is 18.6 Å². The Morgan fingerprint density at radius 2 is 2.26 bits per heavy atom. The van der Waals surface area contributed by atoms with E-state index < -0.39 is 0 Å². The number of quaternary nitrogens is 1. The first-order valence-corrected chi connectivity index (χ1v) is 7.04. The maximum Gasteiger partial charge on any atom is 0.321 e. The van der Waals surface area contributed by atoms with Crippen LogP contribution in [0.15, 0.2) is 18.2 Å². The summed E-state index contributed by atoms with van der Waals surface area (Å²) in [7, 11) is 3.96. The highest BCUT2D eigenvalue weighted by molar-refractivity contribution is 5.95. The quantitative estimate of drug-likeness (QED) is 0.701. The van der Waals surface area contributed by atoms with Gasteiger partial charge in [-0.1, -0.05) is 17.7 Å². The molecule has 2 aliphatic rings. The standard InChI is InChI=1S/C15H21N3O/c1-10-4-5-13-11(8-10)12-9-17(3)7-6-14(12)18(13)15(19)16-2/h4-5,8,12,14H,6-7,9H2,1-3H3,(H,16,19)/p+1/t12-,14-/m0/s1. The molecule has 1 unspecified atom stereocenters. The van der Waals surface area contributed by atoms with Gasteiger partial charge in [-0.25, -0.2) is 4.79 Å². The minimum Gasteiger partial charge on any atom is -0.341 e. The third kappa shape index (κ3) is 1.91. The fraction of sp³-hybridized carbons (Fsp3) is 0.533. The lowest BCUT2D eigenvalue weighted by Crippen LogP contribution is -3.11. The zero-order chi connectivity index (χ0) is 13.6. The fourth-order valence-electron chi connectivity index (χ4n) is 3.58. The number of piperidine rings is 1. The lowest BCUT2D eigenvalue weighted by molar-refractivity contribution is -0.886. The number of anilines is 1. The van der Waals surface area contributed by atoms with Gasteiger partial charge in [0, 0.05) is 19.2 Å². The SMILES string of the molecule is CNC(=O)N1c2ccc(C)cc2[C@@H]2C[NH+](C)CC[C@@H]21. The van der Waals surface area contributed by atoms with E-state index in [1.165, 1.54) is 11.1 Å². The Kier molecular flexibility index (Phi) is 2.97. The number of rotatable bonds is 0. The molecule has 1 fully saturated rings. The molecule has 2 N–H and O–H groups in total. The number of nitrogens with zero attached hydrogens (tertiary/aromatic N) is 1. The summed E-state index contributed by atoms with van der Waals surface area (Å²) in [5, 5.41) is 2.79. The highest BCUT2D eigenvalue weighted by Gasteiger charge is 2.45. The van der Waals surface area contributed by atoms with E-state index in [4.69, 9.17) is 0 Å². The molecule has 4 heteroatoms. The van der Waals surface area contributed by atoms with Gasteiger partial charge in [-0.15, -0.1) is 0 Å². The van der Waals surface area contributed by atoms with Gasteiger partial charge >= 0.3 is 6.03 Å². The lowest BCUT2D eigenvalue weighted by Gasteiger charge is -2.34. The number of hydrogen-bond acceptors (Lipinski definition) is 1. The van der Waals surface area contributed by atoms with E-state index in [2.05, 4.69) is 37.5 Å². The van der Waals surface area contributed by atoms with Gasteiger partial charge in [0.15, 0.2) is 0 Å². The van der Waals surface area contributed by atoms with Crippen molar-refractivity contribution in [1.82, 2.24) is 5.32 Å². The first-order chi connectivity index (χ1) is 9.11. The maximum absolute atomic E-state index is 12.2. The number of fused-ring (bicyclic) bond motifs is 3. The van der Waals surface area contributed by atoms with Crippen LogP contribution in [-0.2, 0) is 0 Å². The molecule has 0 aliphatic carbocycles. The summed E-state index contributed by atoms with van der Waals surface area (Å²) in [6.45, 7) is 4.38. The number of nitrogens with one attached hydrogen (secondary N) is 2. The van der Waals surface area contributed by atoms with Crippen LogP contribution in [0.1, 0.15) is 23.5 Å². The topological polar surface area (TPSA) is 36.8 Å². The number of likely N-dealkylation sites (tertiary alicyclic amines) is 1. The van der Waals surface area contributed by atoms with Gasteiger partial charge in [0.05, 0.1) is 32.1 Å². The minimum absolute atomic E-state index is 0.0251. The summed E-state index contributed by atoms with van der Waals surface area (Å²) in [6.07, 6.45) is 1.08. The Labute approximate surface area is 114 Å². The van der Waals surface area contributed by atoms with E-state index in [1.54, 1.807) is 11.9 Å². The van der Waals surface area contributed by atoms with E-state index in [-0.39, 0.29) is 6.03 Å². The van der Waals surface area contributed by atoms with Crippen molar-refractivity contribution in [3.8, 4) is 0 Å². The van der Waals surface area contributed by atoms with Gasteiger partial charge < -0.3 is 10.2 Å². The molecule has 0 saturated carbocycles. The molecule has 19 heavy (non-hydrogen) atoms. The summed E-state index contributed by atoms with van der Waals surface area (Å²) < 4.78 is 0. The Bertz CT molecular complexity index is 514. The molecule has 2 heterocycles. The predicted octanol–water partition coefficient (Wildman–Crippen LogP) is 0.525. The normalized spacial score (nSPS) is 28.8. The van der Waals surface area contributed by atoms with E-state index >= 15 is 0 Å². The zero-order valence-corrected chi connectivity index (χ0v) is 11.9. The Hall–Kier alpha value is -1.55. The highest BCUT2D eigenvalue weighted by Crippen LogP contribution is 2.42. The van der Waals surface area contributed by atoms with E-state index in [0.717, 1.165) is 25.2 Å². The molecule has 0 spiro atoms. The second kappa shape index (κ2) is 4.53. The van der Waals surface area contributed by atoms with Crippen molar-refractivity contribution in [2.45, 2.75) is 25.3 Å². The molecular weight excluding hydrogens is 238 g/mol. The predicted molar refractivity (Wildman–Crippen MR) is 75.9 cm³/mol. The molecule has 2 aliphatic heterocycles. The number of hydrogen-bond donors (Lipinski definition) is 2. The van der Waals surface area contributed by atoms with Gasteiger partial charge in [0.2, 0.25) is 0 Å². The van der Waals surface area contributed by atoms with Gasteiger partial charge in [-0.3, -0.25) is 4.90 Å². The monoisotopic (exact) mass is 260 g/mol.